The van der Waals surface area contributed by atoms with E-state index in [1.807, 2.05) is 0 Å². The highest BCUT2D eigenvalue weighted by Gasteiger charge is 2.09. The second-order valence-corrected chi connectivity index (χ2v) is 3.15. The number of nitrogens with zero attached hydrogens (tertiary/aromatic N) is 1. The molecule has 0 N–H and O–H groups in total. The fraction of sp³-hybridized carbons (Fsp3) is 0.182. The number of hydrogen-bond donors (Lipinski definition) is 1. The lowest BCUT2D eigenvalue weighted by Gasteiger charge is -1.96. The molecule has 0 spiro atoms. The van der Waals surface area contributed by atoms with Crippen LogP contribution < -0.4 is 0 Å². The van der Waals surface area contributed by atoms with E-state index in [1.165, 1.54) is 6.07 Å². The zero-order valence-corrected chi connectivity index (χ0v) is 8.61. The first-order chi connectivity index (χ1) is 7.19. The van der Waals surface area contributed by atoms with Gasteiger partial charge in [0.05, 0.1) is 0 Å². The molecule has 0 fully saturated rings. The van der Waals surface area contributed by atoms with E-state index in [2.05, 4.69) is 24.5 Å². The van der Waals surface area contributed by atoms with Crippen molar-refractivity contribution in [3.63, 3.8) is 0 Å². The molecule has 0 aliphatic carbocycles. The molecule has 1 aromatic rings. The Morgan fingerprint density at radius 1 is 1.27 bits per heavy atom. The van der Waals surface area contributed by atoms with Crippen molar-refractivity contribution >= 4 is 12.6 Å². The van der Waals surface area contributed by atoms with Crippen LogP contribution in [0.25, 0.3) is 0 Å². The standard InChI is InChI=1S/C11H7F2NS/c12-10-5-8(3-1-2-4-15)6-11(13)9(10)7-14/h5-6,15H,2,4H2. The number of nitriles is 1. The first-order valence-electron chi connectivity index (χ1n) is 4.18. The van der Waals surface area contributed by atoms with Gasteiger partial charge in [-0.15, -0.1) is 0 Å². The molecule has 1 nitrogen and oxygen atoms in total. The third-order valence-corrected chi connectivity index (χ3v) is 1.85. The van der Waals surface area contributed by atoms with Crippen molar-refractivity contribution in [2.24, 2.45) is 0 Å². The molecule has 0 atom stereocenters. The molecule has 0 aromatic heterocycles. The Kier molecular flexibility index (Phi) is 4.15. The summed E-state index contributed by atoms with van der Waals surface area (Å²) < 4.78 is 26.2. The summed E-state index contributed by atoms with van der Waals surface area (Å²) in [6, 6.07) is 3.55. The molecule has 0 saturated heterocycles. The summed E-state index contributed by atoms with van der Waals surface area (Å²) >= 11 is 3.95. The highest BCUT2D eigenvalue weighted by atomic mass is 32.1. The van der Waals surface area contributed by atoms with Gasteiger partial charge in [-0.3, -0.25) is 0 Å². The minimum atomic E-state index is -0.882. The maximum atomic E-state index is 13.1. The molecule has 0 radical (unpaired) electrons. The van der Waals surface area contributed by atoms with Crippen LogP contribution in [0.1, 0.15) is 17.5 Å². The Morgan fingerprint density at radius 3 is 2.33 bits per heavy atom. The van der Waals surface area contributed by atoms with Gasteiger partial charge in [0.15, 0.2) is 0 Å². The van der Waals surface area contributed by atoms with Crippen LogP contribution >= 0.6 is 12.6 Å². The second kappa shape index (κ2) is 5.38. The normalized spacial score (nSPS) is 8.93. The SMILES string of the molecule is N#Cc1c(F)cc(C#CCCS)cc1F. The molecule has 0 aliphatic heterocycles. The van der Waals surface area contributed by atoms with Crippen LogP contribution in [0.2, 0.25) is 0 Å². The molecule has 4 heteroatoms. The van der Waals surface area contributed by atoms with Crippen molar-refractivity contribution in [1.82, 2.24) is 0 Å². The average Bonchev–Trinajstić information content (AvgIpc) is 2.18. The third-order valence-electron chi connectivity index (χ3n) is 1.62. The van der Waals surface area contributed by atoms with Gasteiger partial charge < -0.3 is 0 Å². The van der Waals surface area contributed by atoms with E-state index >= 15 is 0 Å². The lowest BCUT2D eigenvalue weighted by atomic mass is 10.1. The van der Waals surface area contributed by atoms with Crippen LogP contribution in [0.3, 0.4) is 0 Å². The lowest BCUT2D eigenvalue weighted by molar-refractivity contribution is 0.576. The fourth-order valence-electron chi connectivity index (χ4n) is 0.973. The highest BCUT2D eigenvalue weighted by molar-refractivity contribution is 7.80. The summed E-state index contributed by atoms with van der Waals surface area (Å²) in [5.74, 6) is 4.12. The van der Waals surface area contributed by atoms with Crippen LogP contribution in [0.5, 0.6) is 0 Å². The number of hydrogen-bond acceptors (Lipinski definition) is 2. The van der Waals surface area contributed by atoms with Crippen LogP contribution in [0.4, 0.5) is 8.78 Å². The molecule has 0 saturated carbocycles. The number of thiol groups is 1. The van der Waals surface area contributed by atoms with Gasteiger partial charge in [-0.1, -0.05) is 11.8 Å². The summed E-state index contributed by atoms with van der Waals surface area (Å²) in [5.41, 5.74) is -0.347. The molecular weight excluding hydrogens is 216 g/mol. The zero-order chi connectivity index (χ0) is 11.3. The summed E-state index contributed by atoms with van der Waals surface area (Å²) in [6.07, 6.45) is 0.548. The van der Waals surface area contributed by atoms with E-state index in [-0.39, 0.29) is 5.56 Å². The predicted molar refractivity (Wildman–Crippen MR) is 56.4 cm³/mol. The number of benzene rings is 1. The minimum Gasteiger partial charge on any atom is -0.205 e. The molecule has 15 heavy (non-hydrogen) atoms. The van der Waals surface area contributed by atoms with E-state index in [9.17, 15) is 8.78 Å². The average molecular weight is 223 g/mol. The van der Waals surface area contributed by atoms with Crippen LogP contribution in [-0.2, 0) is 0 Å². The van der Waals surface area contributed by atoms with Gasteiger partial charge in [0.1, 0.15) is 23.3 Å². The summed E-state index contributed by atoms with van der Waals surface area (Å²) in [4.78, 5) is 0. The van der Waals surface area contributed by atoms with Gasteiger partial charge in [-0.05, 0) is 12.1 Å². The van der Waals surface area contributed by atoms with Crippen molar-refractivity contribution in [1.29, 1.82) is 5.26 Å². The number of rotatable bonds is 1. The van der Waals surface area contributed by atoms with Crippen molar-refractivity contribution in [2.45, 2.75) is 6.42 Å². The Bertz CT molecular complexity index is 443. The molecule has 0 aliphatic rings. The Hall–Kier alpha value is -1.52. The predicted octanol–water partition coefficient (Wildman–Crippen LogP) is 2.51. The highest BCUT2D eigenvalue weighted by Crippen LogP contribution is 2.13. The molecule has 0 unspecified atom stereocenters. The zero-order valence-electron chi connectivity index (χ0n) is 7.72. The number of halogens is 2. The maximum Gasteiger partial charge on any atom is 0.145 e. The molecule has 0 heterocycles. The van der Waals surface area contributed by atoms with Crippen LogP contribution in [-0.4, -0.2) is 5.75 Å². The van der Waals surface area contributed by atoms with Gasteiger partial charge >= 0.3 is 0 Å². The van der Waals surface area contributed by atoms with Gasteiger partial charge in [0.25, 0.3) is 0 Å². The van der Waals surface area contributed by atoms with Crippen LogP contribution in [0, 0.1) is 34.8 Å². The smallest absolute Gasteiger partial charge is 0.145 e. The maximum absolute atomic E-state index is 13.1. The Balaban J connectivity index is 3.07. The van der Waals surface area contributed by atoms with E-state index < -0.39 is 17.2 Å². The molecule has 76 valence electrons. The second-order valence-electron chi connectivity index (χ2n) is 2.70. The summed E-state index contributed by atoms with van der Waals surface area (Å²) in [5, 5.41) is 8.43. The summed E-state index contributed by atoms with van der Waals surface area (Å²) in [7, 11) is 0. The van der Waals surface area contributed by atoms with Gasteiger partial charge in [-0.25, -0.2) is 8.78 Å². The van der Waals surface area contributed by atoms with Crippen molar-refractivity contribution < 1.29 is 8.78 Å². The van der Waals surface area contributed by atoms with Gasteiger partial charge in [0, 0.05) is 17.7 Å². The molecule has 0 bridgehead atoms. The molecule has 0 amide bonds. The first-order valence-corrected chi connectivity index (χ1v) is 4.81. The topological polar surface area (TPSA) is 23.8 Å². The minimum absolute atomic E-state index is 0.228. The quantitative estimate of drug-likeness (QED) is 0.574. The van der Waals surface area contributed by atoms with Crippen molar-refractivity contribution in [2.75, 3.05) is 5.75 Å². The first kappa shape index (κ1) is 11.6. The van der Waals surface area contributed by atoms with E-state index in [0.717, 1.165) is 12.1 Å². The lowest BCUT2D eigenvalue weighted by Crippen LogP contribution is -1.91. The van der Waals surface area contributed by atoms with E-state index in [1.54, 1.807) is 0 Å². The fourth-order valence-corrected chi connectivity index (χ4v) is 1.08. The molecule has 1 aromatic carbocycles. The monoisotopic (exact) mass is 223 g/mol. The molecule has 1 rings (SSSR count). The van der Waals surface area contributed by atoms with E-state index in [4.69, 9.17) is 5.26 Å². The Labute approximate surface area is 92.1 Å². The van der Waals surface area contributed by atoms with Crippen molar-refractivity contribution in [3.05, 3.63) is 34.9 Å². The third kappa shape index (κ3) is 2.97. The van der Waals surface area contributed by atoms with Crippen molar-refractivity contribution in [3.8, 4) is 17.9 Å². The Morgan fingerprint density at radius 2 is 1.87 bits per heavy atom. The van der Waals surface area contributed by atoms with Crippen LogP contribution in [0.15, 0.2) is 12.1 Å². The van der Waals surface area contributed by atoms with Gasteiger partial charge in [0.2, 0.25) is 0 Å². The van der Waals surface area contributed by atoms with E-state index in [0.29, 0.717) is 12.2 Å². The largest absolute Gasteiger partial charge is 0.205 e. The van der Waals surface area contributed by atoms with Gasteiger partial charge in [-0.2, -0.15) is 17.9 Å². The molecular formula is C11H7F2NS. The summed E-state index contributed by atoms with van der Waals surface area (Å²) in [6.45, 7) is 0.